The van der Waals surface area contributed by atoms with Crippen LogP contribution in [0.25, 0.3) is 21.8 Å². The van der Waals surface area contributed by atoms with Gasteiger partial charge in [0.2, 0.25) is 0 Å². The molecule has 0 atom stereocenters. The van der Waals surface area contributed by atoms with Crippen molar-refractivity contribution < 1.29 is 19.5 Å². The van der Waals surface area contributed by atoms with Gasteiger partial charge >= 0.3 is 0 Å². The maximum Gasteiger partial charge on any atom is 0.258 e. The molecule has 2 heterocycles. The fraction of sp³-hybridized carbons (Fsp3) is 0.340. The Morgan fingerprint density at radius 2 is 0.968 bits per heavy atom. The molecule has 2 amide bonds. The number of halogens is 2. The highest BCUT2D eigenvalue weighted by atomic mass is 35.5. The SMILES string of the molecule is CCn1c(=O)cc(C2CCC(=O)CC2)c2cc(C(=O)N(C)c3ccc(Cl)cc3)ccc21.CCn1c(=O)cc(C2CCC(O)CC2)c2cc(C(=O)N(C)c3ccc(Cl)cc3)ccc21. The molecule has 0 unspecified atom stereocenters. The number of carbonyl (C=O) groups is 3. The fourth-order valence-corrected chi connectivity index (χ4v) is 9.25. The highest BCUT2D eigenvalue weighted by Gasteiger charge is 2.26. The quantitative estimate of drug-likeness (QED) is 0.163. The van der Waals surface area contributed by atoms with Gasteiger partial charge in [-0.15, -0.1) is 0 Å². The van der Waals surface area contributed by atoms with Crippen LogP contribution in [-0.2, 0) is 17.9 Å². The number of rotatable bonds is 8. The van der Waals surface area contributed by atoms with E-state index in [2.05, 4.69) is 0 Å². The smallest absolute Gasteiger partial charge is 0.258 e. The number of amides is 2. The van der Waals surface area contributed by atoms with Crippen LogP contribution >= 0.6 is 23.2 Å². The highest BCUT2D eigenvalue weighted by Crippen LogP contribution is 2.37. The molecule has 4 aromatic carbocycles. The summed E-state index contributed by atoms with van der Waals surface area (Å²) >= 11 is 11.9. The Morgan fingerprint density at radius 1 is 0.581 bits per heavy atom. The summed E-state index contributed by atoms with van der Waals surface area (Å²) in [6.07, 6.45) is 5.47. The number of benzene rings is 4. The van der Waals surface area contributed by atoms with Gasteiger partial charge in [0.05, 0.1) is 17.1 Å². The van der Waals surface area contributed by atoms with Crippen molar-refractivity contribution in [3.05, 3.63) is 150 Å². The molecule has 0 saturated heterocycles. The number of aliphatic hydroxyl groups excluding tert-OH is 1. The number of fused-ring (bicyclic) bond motifs is 2. The summed E-state index contributed by atoms with van der Waals surface area (Å²) in [5.41, 5.74) is 6.18. The molecular formula is C50H52Cl2N4O6. The Bertz CT molecular complexity index is 2750. The molecule has 0 radical (unpaired) electrons. The van der Waals surface area contributed by atoms with Crippen molar-refractivity contribution in [1.82, 2.24) is 9.13 Å². The monoisotopic (exact) mass is 874 g/mol. The molecule has 322 valence electrons. The number of aliphatic hydroxyl groups is 1. The number of pyridine rings is 2. The molecule has 2 fully saturated rings. The van der Waals surface area contributed by atoms with Gasteiger partial charge in [-0.25, -0.2) is 0 Å². The van der Waals surface area contributed by atoms with Crippen LogP contribution in [-0.4, -0.2) is 52.0 Å². The van der Waals surface area contributed by atoms with Gasteiger partial charge in [0, 0.05) is 95.5 Å². The maximum absolute atomic E-state index is 13.2. The van der Waals surface area contributed by atoms with E-state index in [4.69, 9.17) is 23.2 Å². The third-order valence-corrected chi connectivity index (χ3v) is 13.1. The minimum absolute atomic E-state index is 0.0199. The summed E-state index contributed by atoms with van der Waals surface area (Å²) in [6, 6.07) is 28.8. The average molecular weight is 876 g/mol. The van der Waals surface area contributed by atoms with E-state index in [-0.39, 0.29) is 46.7 Å². The third-order valence-electron chi connectivity index (χ3n) is 12.6. The van der Waals surface area contributed by atoms with Crippen molar-refractivity contribution in [2.24, 2.45) is 0 Å². The van der Waals surface area contributed by atoms with Crippen LogP contribution in [0.3, 0.4) is 0 Å². The first-order chi connectivity index (χ1) is 29.8. The molecule has 0 aliphatic heterocycles. The van der Waals surface area contributed by atoms with Crippen LogP contribution in [0.4, 0.5) is 11.4 Å². The van der Waals surface area contributed by atoms with Crippen molar-refractivity contribution in [3.8, 4) is 0 Å². The molecule has 2 aliphatic rings. The van der Waals surface area contributed by atoms with Crippen LogP contribution in [0.15, 0.2) is 107 Å². The molecule has 2 aliphatic carbocycles. The molecular weight excluding hydrogens is 823 g/mol. The first-order valence-corrected chi connectivity index (χ1v) is 22.2. The van der Waals surface area contributed by atoms with Gasteiger partial charge in [0.1, 0.15) is 5.78 Å². The van der Waals surface area contributed by atoms with Crippen molar-refractivity contribution in [2.75, 3.05) is 23.9 Å². The summed E-state index contributed by atoms with van der Waals surface area (Å²) in [4.78, 5) is 66.8. The number of aryl methyl sites for hydroxylation is 2. The number of hydrogen-bond donors (Lipinski definition) is 1. The predicted octanol–water partition coefficient (Wildman–Crippen LogP) is 10.1. The first kappa shape index (κ1) is 44.5. The summed E-state index contributed by atoms with van der Waals surface area (Å²) in [5, 5.41) is 13.0. The number of hydrogen-bond acceptors (Lipinski definition) is 6. The van der Waals surface area contributed by atoms with Gasteiger partial charge in [-0.05, 0) is 160 Å². The Balaban J connectivity index is 0.000000186. The number of carbonyl (C=O) groups excluding carboxylic acids is 3. The highest BCUT2D eigenvalue weighted by molar-refractivity contribution is 6.31. The average Bonchev–Trinajstić information content (AvgIpc) is 3.28. The van der Waals surface area contributed by atoms with Crippen molar-refractivity contribution in [3.63, 3.8) is 0 Å². The molecule has 8 rings (SSSR count). The van der Waals surface area contributed by atoms with Gasteiger partial charge in [-0.3, -0.25) is 24.0 Å². The second-order valence-corrected chi connectivity index (χ2v) is 17.2. The van der Waals surface area contributed by atoms with E-state index in [1.54, 1.807) is 93.7 Å². The van der Waals surface area contributed by atoms with Gasteiger partial charge in [-0.1, -0.05) is 23.2 Å². The zero-order valence-corrected chi connectivity index (χ0v) is 37.1. The minimum Gasteiger partial charge on any atom is -0.393 e. The largest absolute Gasteiger partial charge is 0.393 e. The van der Waals surface area contributed by atoms with E-state index in [1.807, 2.05) is 50.2 Å². The molecule has 0 bridgehead atoms. The van der Waals surface area contributed by atoms with E-state index in [9.17, 15) is 29.1 Å². The molecule has 6 aromatic rings. The van der Waals surface area contributed by atoms with Crippen LogP contribution in [0.5, 0.6) is 0 Å². The molecule has 2 saturated carbocycles. The molecule has 12 heteroatoms. The molecule has 10 nitrogen and oxygen atoms in total. The number of anilines is 2. The first-order valence-electron chi connectivity index (χ1n) is 21.4. The topological polar surface area (TPSA) is 122 Å². The minimum atomic E-state index is -0.260. The van der Waals surface area contributed by atoms with E-state index < -0.39 is 0 Å². The van der Waals surface area contributed by atoms with Crippen LogP contribution < -0.4 is 20.9 Å². The van der Waals surface area contributed by atoms with Crippen LogP contribution in [0, 0.1) is 0 Å². The van der Waals surface area contributed by atoms with E-state index in [0.717, 1.165) is 82.8 Å². The zero-order chi connectivity index (χ0) is 44.2. The normalized spacial score (nSPS) is 16.8. The summed E-state index contributed by atoms with van der Waals surface area (Å²) in [6.45, 7) is 5.01. The number of ketones is 1. The number of nitrogens with zero attached hydrogens (tertiary/aromatic N) is 4. The number of aromatic nitrogens is 2. The van der Waals surface area contributed by atoms with E-state index >= 15 is 0 Å². The predicted molar refractivity (Wildman–Crippen MR) is 250 cm³/mol. The summed E-state index contributed by atoms with van der Waals surface area (Å²) in [5.74, 6) is 0.387. The van der Waals surface area contributed by atoms with Gasteiger partial charge in [0.15, 0.2) is 0 Å². The zero-order valence-electron chi connectivity index (χ0n) is 35.6. The number of Topliss-reactive ketones (excluding diaryl/α,β-unsaturated/α-hetero) is 1. The second kappa shape index (κ2) is 19.2. The van der Waals surface area contributed by atoms with Crippen LogP contribution in [0.1, 0.15) is 109 Å². The lowest BCUT2D eigenvalue weighted by atomic mass is 9.81. The van der Waals surface area contributed by atoms with E-state index in [0.29, 0.717) is 47.1 Å². The van der Waals surface area contributed by atoms with Gasteiger partial charge < -0.3 is 24.0 Å². The Kier molecular flexibility index (Phi) is 13.8. The fourth-order valence-electron chi connectivity index (χ4n) is 9.00. The summed E-state index contributed by atoms with van der Waals surface area (Å²) in [7, 11) is 3.47. The standard InChI is InChI=1S/C25H27ClN2O3.C25H25ClN2O3/c2*1-3-28-23-13-6-17(25(31)27(2)19-9-7-18(26)8-10-19)14-22(23)21(15-24(28)30)16-4-11-20(29)12-5-16/h6-10,13-16,20,29H,3-5,11-12H2,1-2H3;6-10,13-16H,3-5,11-12H2,1-2H3. The van der Waals surface area contributed by atoms with E-state index in [1.165, 1.54) is 0 Å². The lowest BCUT2D eigenvalue weighted by molar-refractivity contribution is -0.120. The molecule has 1 N–H and O–H groups in total. The Hall–Kier alpha value is -5.55. The lowest BCUT2D eigenvalue weighted by Crippen LogP contribution is -2.27. The van der Waals surface area contributed by atoms with Crippen molar-refractivity contribution in [2.45, 2.75) is 96.2 Å². The maximum atomic E-state index is 13.2. The lowest BCUT2D eigenvalue weighted by Gasteiger charge is -2.27. The van der Waals surface area contributed by atoms with Gasteiger partial charge in [0.25, 0.3) is 22.9 Å². The van der Waals surface area contributed by atoms with Gasteiger partial charge in [-0.2, -0.15) is 0 Å². The molecule has 0 spiro atoms. The Labute approximate surface area is 371 Å². The molecule has 62 heavy (non-hydrogen) atoms. The van der Waals surface area contributed by atoms with Crippen molar-refractivity contribution >= 4 is 74.0 Å². The third kappa shape index (κ3) is 9.43. The Morgan fingerprint density at radius 3 is 1.35 bits per heavy atom. The van der Waals surface area contributed by atoms with Crippen LogP contribution in [0.2, 0.25) is 10.0 Å². The van der Waals surface area contributed by atoms with Crippen molar-refractivity contribution in [1.29, 1.82) is 0 Å². The second-order valence-electron chi connectivity index (χ2n) is 16.3. The summed E-state index contributed by atoms with van der Waals surface area (Å²) < 4.78 is 3.47. The molecule has 2 aromatic heterocycles.